The van der Waals surface area contributed by atoms with Gasteiger partial charge in [-0.1, -0.05) is 30.9 Å². The lowest BCUT2D eigenvalue weighted by atomic mass is 10.2. The van der Waals surface area contributed by atoms with Crippen LogP contribution in [0.4, 0.5) is 4.39 Å². The fourth-order valence-corrected chi connectivity index (χ4v) is 2.57. The maximum absolute atomic E-state index is 13.4. The summed E-state index contributed by atoms with van der Waals surface area (Å²) < 4.78 is 15.7. The lowest BCUT2D eigenvalue weighted by molar-refractivity contribution is 0.633. The van der Waals surface area contributed by atoms with E-state index < -0.39 is 5.82 Å². The molecule has 0 aliphatic carbocycles. The second kappa shape index (κ2) is 4.14. The Labute approximate surface area is 91.1 Å². The van der Waals surface area contributed by atoms with E-state index in [0.29, 0.717) is 6.54 Å². The zero-order chi connectivity index (χ0) is 10.8. The smallest absolute Gasteiger partial charge is 0.268 e. The average molecular weight is 225 g/mol. The summed E-state index contributed by atoms with van der Waals surface area (Å²) in [6.07, 6.45) is 1.98. The molecule has 0 atom stereocenters. The number of rotatable bonds is 3. The molecule has 80 valence electrons. The molecule has 1 aromatic carbocycles. The third kappa shape index (κ3) is 1.81. The summed E-state index contributed by atoms with van der Waals surface area (Å²) in [5, 5.41) is 0.235. The highest BCUT2D eigenvalue weighted by Crippen LogP contribution is 2.19. The van der Waals surface area contributed by atoms with Gasteiger partial charge in [0.2, 0.25) is 0 Å². The molecule has 1 heterocycles. The molecule has 0 amide bonds. The van der Waals surface area contributed by atoms with Crippen LogP contribution in [0.1, 0.15) is 19.8 Å². The van der Waals surface area contributed by atoms with E-state index in [1.165, 1.54) is 17.6 Å². The Morgan fingerprint density at radius 1 is 1.47 bits per heavy atom. The summed E-state index contributed by atoms with van der Waals surface area (Å²) in [6.45, 7) is 2.76. The standard InChI is InChI=1S/C11H12FNOS/c1-2-3-7-13-11(14)10-8(12)5-4-6-9(10)15-13/h4-6H,2-3,7H2,1H3. The number of nitrogens with zero attached hydrogens (tertiary/aromatic N) is 1. The third-order valence-electron chi connectivity index (χ3n) is 2.34. The van der Waals surface area contributed by atoms with E-state index in [1.54, 1.807) is 16.1 Å². The lowest BCUT2D eigenvalue weighted by Gasteiger charge is -1.95. The Morgan fingerprint density at radius 2 is 2.27 bits per heavy atom. The Balaban J connectivity index is 2.55. The Bertz CT molecular complexity index is 529. The number of hydrogen-bond acceptors (Lipinski definition) is 2. The van der Waals surface area contributed by atoms with Crippen molar-refractivity contribution in [3.05, 3.63) is 34.4 Å². The van der Waals surface area contributed by atoms with Gasteiger partial charge in [0.1, 0.15) is 5.82 Å². The van der Waals surface area contributed by atoms with E-state index in [9.17, 15) is 9.18 Å². The predicted molar refractivity (Wildman–Crippen MR) is 61.0 cm³/mol. The molecule has 0 aliphatic heterocycles. The first-order chi connectivity index (χ1) is 7.24. The summed E-state index contributed by atoms with van der Waals surface area (Å²) in [5.41, 5.74) is -0.193. The van der Waals surface area contributed by atoms with Crippen LogP contribution in [0.15, 0.2) is 23.0 Å². The molecule has 0 saturated heterocycles. The van der Waals surface area contributed by atoms with Gasteiger partial charge >= 0.3 is 0 Å². The molecule has 0 saturated carbocycles. The van der Waals surface area contributed by atoms with Gasteiger partial charge < -0.3 is 0 Å². The van der Waals surface area contributed by atoms with Crippen LogP contribution < -0.4 is 5.56 Å². The maximum atomic E-state index is 13.4. The topological polar surface area (TPSA) is 22.0 Å². The van der Waals surface area contributed by atoms with Gasteiger partial charge in [0, 0.05) is 6.54 Å². The first-order valence-electron chi connectivity index (χ1n) is 5.02. The van der Waals surface area contributed by atoms with Gasteiger partial charge in [0.15, 0.2) is 0 Å². The van der Waals surface area contributed by atoms with Gasteiger partial charge in [0.25, 0.3) is 5.56 Å². The van der Waals surface area contributed by atoms with Crippen molar-refractivity contribution in [2.45, 2.75) is 26.3 Å². The SMILES string of the molecule is CCCCn1sc2cccc(F)c2c1=O. The van der Waals surface area contributed by atoms with Gasteiger partial charge in [-0.25, -0.2) is 4.39 Å². The number of halogens is 1. The molecule has 2 aromatic rings. The highest BCUT2D eigenvalue weighted by Gasteiger charge is 2.10. The third-order valence-corrected chi connectivity index (χ3v) is 3.44. The minimum atomic E-state index is -0.413. The summed E-state index contributed by atoms with van der Waals surface area (Å²) in [4.78, 5) is 11.8. The molecule has 15 heavy (non-hydrogen) atoms. The van der Waals surface area contributed by atoms with Crippen molar-refractivity contribution in [3.63, 3.8) is 0 Å². The molecular weight excluding hydrogens is 213 g/mol. The first-order valence-corrected chi connectivity index (χ1v) is 5.79. The number of benzene rings is 1. The molecule has 0 fully saturated rings. The summed E-state index contributed by atoms with van der Waals surface area (Å²) >= 11 is 1.34. The molecule has 2 rings (SSSR count). The van der Waals surface area contributed by atoms with E-state index in [4.69, 9.17) is 0 Å². The summed E-state index contributed by atoms with van der Waals surface area (Å²) in [5.74, 6) is -0.413. The van der Waals surface area contributed by atoms with Crippen LogP contribution in [0.5, 0.6) is 0 Å². The number of unbranched alkanes of at least 4 members (excludes halogenated alkanes) is 1. The van der Waals surface area contributed by atoms with Crippen LogP contribution in [0.3, 0.4) is 0 Å². The van der Waals surface area contributed by atoms with Gasteiger partial charge in [-0.15, -0.1) is 0 Å². The Hall–Kier alpha value is -1.16. The van der Waals surface area contributed by atoms with Crippen LogP contribution >= 0.6 is 11.5 Å². The average Bonchev–Trinajstić information content (AvgIpc) is 2.54. The molecule has 4 heteroatoms. The molecule has 1 aromatic heterocycles. The van der Waals surface area contributed by atoms with E-state index in [1.807, 2.05) is 0 Å². The molecule has 0 bridgehead atoms. The largest absolute Gasteiger partial charge is 0.271 e. The van der Waals surface area contributed by atoms with Crippen LogP contribution in [0.2, 0.25) is 0 Å². The molecule has 0 aliphatic rings. The maximum Gasteiger partial charge on any atom is 0.271 e. The second-order valence-corrected chi connectivity index (χ2v) is 4.53. The van der Waals surface area contributed by atoms with E-state index >= 15 is 0 Å². The monoisotopic (exact) mass is 225 g/mol. The van der Waals surface area contributed by atoms with E-state index in [2.05, 4.69) is 6.92 Å². The first kappa shape index (κ1) is 10.4. The fourth-order valence-electron chi connectivity index (χ4n) is 1.52. The molecular formula is C11H12FNOS. The van der Waals surface area contributed by atoms with Crippen molar-refractivity contribution >= 4 is 21.6 Å². The van der Waals surface area contributed by atoms with Crippen LogP contribution in [-0.2, 0) is 6.54 Å². The van der Waals surface area contributed by atoms with Crippen molar-refractivity contribution in [2.24, 2.45) is 0 Å². The van der Waals surface area contributed by atoms with Crippen molar-refractivity contribution < 1.29 is 4.39 Å². The molecule has 0 radical (unpaired) electrons. The molecule has 0 N–H and O–H groups in total. The quantitative estimate of drug-likeness (QED) is 0.787. The minimum Gasteiger partial charge on any atom is -0.268 e. The summed E-state index contributed by atoms with van der Waals surface area (Å²) in [6, 6.07) is 4.76. The van der Waals surface area contributed by atoms with Gasteiger partial charge in [-0.2, -0.15) is 0 Å². The van der Waals surface area contributed by atoms with Gasteiger partial charge in [0.05, 0.1) is 10.1 Å². The number of aryl methyl sites for hydroxylation is 1. The zero-order valence-corrected chi connectivity index (χ0v) is 9.31. The van der Waals surface area contributed by atoms with E-state index in [0.717, 1.165) is 17.5 Å². The zero-order valence-electron chi connectivity index (χ0n) is 8.50. The molecule has 2 nitrogen and oxygen atoms in total. The normalized spacial score (nSPS) is 11.1. The fraction of sp³-hybridized carbons (Fsp3) is 0.364. The minimum absolute atomic E-state index is 0.193. The molecule has 0 unspecified atom stereocenters. The van der Waals surface area contributed by atoms with Crippen LogP contribution in [0.25, 0.3) is 10.1 Å². The van der Waals surface area contributed by atoms with Crippen molar-refractivity contribution in [1.29, 1.82) is 0 Å². The lowest BCUT2D eigenvalue weighted by Crippen LogP contribution is -2.13. The summed E-state index contributed by atoms with van der Waals surface area (Å²) in [7, 11) is 0. The molecule has 0 spiro atoms. The second-order valence-electron chi connectivity index (χ2n) is 3.47. The number of aromatic nitrogens is 1. The van der Waals surface area contributed by atoms with E-state index in [-0.39, 0.29) is 10.9 Å². The number of hydrogen-bond donors (Lipinski definition) is 0. The Morgan fingerprint density at radius 3 is 2.93 bits per heavy atom. The predicted octanol–water partition coefficient (Wildman–Crippen LogP) is 3.00. The Kier molecular flexibility index (Phi) is 2.86. The highest BCUT2D eigenvalue weighted by atomic mass is 32.1. The number of fused-ring (bicyclic) bond motifs is 1. The van der Waals surface area contributed by atoms with Gasteiger partial charge in [-0.05, 0) is 18.6 Å². The van der Waals surface area contributed by atoms with Gasteiger partial charge in [-0.3, -0.25) is 8.75 Å². The van der Waals surface area contributed by atoms with Crippen molar-refractivity contribution in [2.75, 3.05) is 0 Å². The van der Waals surface area contributed by atoms with Crippen LogP contribution in [0, 0.1) is 5.82 Å². The van der Waals surface area contributed by atoms with Crippen molar-refractivity contribution in [3.8, 4) is 0 Å². The van der Waals surface area contributed by atoms with Crippen LogP contribution in [-0.4, -0.2) is 3.96 Å². The van der Waals surface area contributed by atoms with Crippen molar-refractivity contribution in [1.82, 2.24) is 3.96 Å². The highest BCUT2D eigenvalue weighted by molar-refractivity contribution is 7.13.